The van der Waals surface area contributed by atoms with Gasteiger partial charge in [-0.15, -0.1) is 0 Å². The molecule has 0 radical (unpaired) electrons. The second-order valence-corrected chi connectivity index (χ2v) is 5.55. The van der Waals surface area contributed by atoms with Gasteiger partial charge in [0.25, 0.3) is 0 Å². The Morgan fingerprint density at radius 2 is 1.95 bits per heavy atom. The zero-order valence-corrected chi connectivity index (χ0v) is 11.5. The predicted molar refractivity (Wildman–Crippen MR) is 71.7 cm³/mol. The quantitative estimate of drug-likeness (QED) is 0.914. The fraction of sp³-hybridized carbons (Fsp3) is 0.500. The third-order valence-electron chi connectivity index (χ3n) is 3.47. The summed E-state index contributed by atoms with van der Waals surface area (Å²) in [4.78, 5) is 5.96. The van der Waals surface area contributed by atoms with Crippen molar-refractivity contribution in [1.29, 1.82) is 0 Å². The van der Waals surface area contributed by atoms with Crippen LogP contribution in [0.25, 0.3) is 0 Å². The maximum atomic E-state index is 14.0. The first kappa shape index (κ1) is 13.8. The van der Waals surface area contributed by atoms with Crippen molar-refractivity contribution in [3.05, 3.63) is 35.4 Å². The van der Waals surface area contributed by atoms with Gasteiger partial charge >= 0.3 is 0 Å². The van der Waals surface area contributed by atoms with Crippen LogP contribution in [-0.4, -0.2) is 23.9 Å². The lowest BCUT2D eigenvalue weighted by atomic mass is 9.89. The Kier molecular flexibility index (Phi) is 3.47. The van der Waals surface area contributed by atoms with E-state index in [1.165, 1.54) is 18.2 Å². The van der Waals surface area contributed by atoms with Gasteiger partial charge in [0.1, 0.15) is 11.6 Å². The summed E-state index contributed by atoms with van der Waals surface area (Å²) in [6.45, 7) is 6.72. The second kappa shape index (κ2) is 4.79. The minimum Gasteiger partial charge on any atom is -0.370 e. The van der Waals surface area contributed by atoms with Crippen LogP contribution in [0.4, 0.5) is 8.78 Å². The summed E-state index contributed by atoms with van der Waals surface area (Å²) in [5, 5.41) is 0. The van der Waals surface area contributed by atoms with Crippen LogP contribution < -0.4 is 5.73 Å². The van der Waals surface area contributed by atoms with E-state index in [1.54, 1.807) is 11.8 Å². The van der Waals surface area contributed by atoms with E-state index in [0.29, 0.717) is 18.4 Å². The molecular formula is C14H19F2N3. The van der Waals surface area contributed by atoms with Crippen LogP contribution in [-0.2, 0) is 5.54 Å². The first-order valence-electron chi connectivity index (χ1n) is 6.38. The van der Waals surface area contributed by atoms with E-state index in [-0.39, 0.29) is 12.1 Å². The van der Waals surface area contributed by atoms with E-state index < -0.39 is 17.2 Å². The van der Waals surface area contributed by atoms with Gasteiger partial charge in [-0.1, -0.05) is 19.9 Å². The van der Waals surface area contributed by atoms with E-state index in [9.17, 15) is 8.78 Å². The number of aliphatic imine (C=N–C) groups is 1. The normalized spacial score (nSPS) is 23.1. The fourth-order valence-electron chi connectivity index (χ4n) is 2.54. The Morgan fingerprint density at radius 3 is 2.47 bits per heavy atom. The van der Waals surface area contributed by atoms with Gasteiger partial charge in [-0.3, -0.25) is 4.99 Å². The van der Waals surface area contributed by atoms with E-state index in [0.717, 1.165) is 0 Å². The Morgan fingerprint density at radius 1 is 1.37 bits per heavy atom. The molecular weight excluding hydrogens is 248 g/mol. The van der Waals surface area contributed by atoms with Crippen molar-refractivity contribution in [1.82, 2.24) is 4.90 Å². The topological polar surface area (TPSA) is 41.6 Å². The zero-order chi connectivity index (χ0) is 14.2. The molecule has 104 valence electrons. The maximum absolute atomic E-state index is 14.0. The SMILES string of the molecule is CC(C)CN1C(N)=NCC1(C)c1c(F)cccc1F. The average Bonchev–Trinajstić information content (AvgIpc) is 2.57. The lowest BCUT2D eigenvalue weighted by Gasteiger charge is -2.38. The number of nitrogens with two attached hydrogens (primary N) is 1. The fourth-order valence-corrected chi connectivity index (χ4v) is 2.54. The van der Waals surface area contributed by atoms with Gasteiger partial charge in [0.2, 0.25) is 0 Å². The van der Waals surface area contributed by atoms with Crippen LogP contribution in [0.1, 0.15) is 26.3 Å². The maximum Gasteiger partial charge on any atom is 0.192 e. The third kappa shape index (κ3) is 2.29. The predicted octanol–water partition coefficient (Wildman–Crippen LogP) is 2.47. The van der Waals surface area contributed by atoms with Crippen molar-refractivity contribution in [2.75, 3.05) is 13.1 Å². The minimum atomic E-state index is -0.857. The first-order chi connectivity index (χ1) is 8.86. The molecule has 2 N–H and O–H groups in total. The second-order valence-electron chi connectivity index (χ2n) is 5.55. The van der Waals surface area contributed by atoms with Crippen LogP contribution in [0.3, 0.4) is 0 Å². The number of guanidine groups is 1. The van der Waals surface area contributed by atoms with Crippen molar-refractivity contribution in [2.24, 2.45) is 16.6 Å². The molecule has 1 aromatic carbocycles. The molecule has 0 bridgehead atoms. The van der Waals surface area contributed by atoms with Gasteiger partial charge in [-0.2, -0.15) is 0 Å². The summed E-state index contributed by atoms with van der Waals surface area (Å²) >= 11 is 0. The molecule has 1 heterocycles. The number of benzene rings is 1. The summed E-state index contributed by atoms with van der Waals surface area (Å²) in [6.07, 6.45) is 0. The Bertz CT molecular complexity index is 493. The van der Waals surface area contributed by atoms with Crippen molar-refractivity contribution in [3.63, 3.8) is 0 Å². The molecule has 0 spiro atoms. The summed E-state index contributed by atoms with van der Waals surface area (Å²) in [6, 6.07) is 3.90. The van der Waals surface area contributed by atoms with Crippen LogP contribution >= 0.6 is 0 Å². The highest BCUT2D eigenvalue weighted by Gasteiger charge is 2.43. The van der Waals surface area contributed by atoms with E-state index in [2.05, 4.69) is 4.99 Å². The molecule has 1 aliphatic heterocycles. The Hall–Kier alpha value is -1.65. The van der Waals surface area contributed by atoms with Gasteiger partial charge in [0.05, 0.1) is 17.6 Å². The number of nitrogens with zero attached hydrogens (tertiary/aromatic N) is 2. The number of hydrogen-bond acceptors (Lipinski definition) is 3. The monoisotopic (exact) mass is 267 g/mol. The molecule has 2 rings (SSSR count). The molecule has 3 nitrogen and oxygen atoms in total. The summed E-state index contributed by atoms with van der Waals surface area (Å²) < 4.78 is 28.1. The van der Waals surface area contributed by atoms with Gasteiger partial charge in [-0.25, -0.2) is 8.78 Å². The Labute approximate surface area is 112 Å². The summed E-state index contributed by atoms with van der Waals surface area (Å²) in [7, 11) is 0. The molecule has 0 saturated heterocycles. The molecule has 1 aromatic rings. The van der Waals surface area contributed by atoms with Gasteiger partial charge in [0, 0.05) is 6.54 Å². The molecule has 19 heavy (non-hydrogen) atoms. The molecule has 1 atom stereocenters. The highest BCUT2D eigenvalue weighted by Crippen LogP contribution is 2.36. The molecule has 1 aliphatic rings. The first-order valence-corrected chi connectivity index (χ1v) is 6.38. The minimum absolute atomic E-state index is 0.0415. The lowest BCUT2D eigenvalue weighted by molar-refractivity contribution is 0.192. The van der Waals surface area contributed by atoms with Gasteiger partial charge < -0.3 is 10.6 Å². The van der Waals surface area contributed by atoms with Crippen LogP contribution in [0.5, 0.6) is 0 Å². The van der Waals surface area contributed by atoms with E-state index in [4.69, 9.17) is 5.73 Å². The summed E-state index contributed by atoms with van der Waals surface area (Å²) in [5.74, 6) is -0.442. The van der Waals surface area contributed by atoms with Crippen LogP contribution in [0.15, 0.2) is 23.2 Å². The molecule has 0 aromatic heterocycles. The third-order valence-corrected chi connectivity index (χ3v) is 3.47. The van der Waals surface area contributed by atoms with Gasteiger partial charge in [-0.05, 0) is 25.0 Å². The average molecular weight is 267 g/mol. The van der Waals surface area contributed by atoms with Crippen molar-refractivity contribution in [3.8, 4) is 0 Å². The number of hydrogen-bond donors (Lipinski definition) is 1. The molecule has 0 aliphatic carbocycles. The van der Waals surface area contributed by atoms with Crippen LogP contribution in [0.2, 0.25) is 0 Å². The largest absolute Gasteiger partial charge is 0.370 e. The molecule has 5 heteroatoms. The van der Waals surface area contributed by atoms with Crippen molar-refractivity contribution in [2.45, 2.75) is 26.3 Å². The molecule has 0 amide bonds. The summed E-state index contributed by atoms with van der Waals surface area (Å²) in [5.41, 5.74) is 5.06. The van der Waals surface area contributed by atoms with Gasteiger partial charge in [0.15, 0.2) is 5.96 Å². The zero-order valence-electron chi connectivity index (χ0n) is 11.5. The smallest absolute Gasteiger partial charge is 0.192 e. The van der Waals surface area contributed by atoms with Crippen LogP contribution in [0, 0.1) is 17.6 Å². The van der Waals surface area contributed by atoms with E-state index >= 15 is 0 Å². The highest BCUT2D eigenvalue weighted by molar-refractivity contribution is 5.81. The molecule has 0 saturated carbocycles. The number of rotatable bonds is 3. The Balaban J connectivity index is 2.47. The highest BCUT2D eigenvalue weighted by atomic mass is 19.1. The molecule has 1 unspecified atom stereocenters. The molecule has 0 fully saturated rings. The van der Waals surface area contributed by atoms with Crippen molar-refractivity contribution < 1.29 is 8.78 Å². The van der Waals surface area contributed by atoms with E-state index in [1.807, 2.05) is 13.8 Å². The van der Waals surface area contributed by atoms with Crippen molar-refractivity contribution >= 4 is 5.96 Å². The standard InChI is InChI=1S/C14H19F2N3/c1-9(2)7-19-13(17)18-8-14(19,3)12-10(15)5-4-6-11(12)16/h4-6,9H,7-8H2,1-3H3,(H2,17,18). The number of halogens is 2. The lowest BCUT2D eigenvalue weighted by Crippen LogP contribution is -2.49.